The van der Waals surface area contributed by atoms with Gasteiger partial charge >= 0.3 is 0 Å². The molecule has 2 amide bonds. The molecule has 0 spiro atoms. The molecule has 0 unspecified atom stereocenters. The fourth-order valence-electron chi connectivity index (χ4n) is 3.61. The molecule has 8 heteroatoms. The van der Waals surface area contributed by atoms with Gasteiger partial charge in [-0.25, -0.2) is 4.39 Å². The van der Waals surface area contributed by atoms with Gasteiger partial charge in [-0.05, 0) is 43.0 Å². The minimum Gasteiger partial charge on any atom is -0.381 e. The predicted octanol–water partition coefficient (Wildman–Crippen LogP) is 2.95. The van der Waals surface area contributed by atoms with Crippen LogP contribution in [0.5, 0.6) is 0 Å². The third-order valence-electron chi connectivity index (χ3n) is 5.12. The molecular weight excluding hydrogens is 375 g/mol. The third-order valence-corrected chi connectivity index (χ3v) is 5.12. The molecule has 1 saturated heterocycles. The Morgan fingerprint density at radius 3 is 2.72 bits per heavy atom. The van der Waals surface area contributed by atoms with Crippen molar-refractivity contribution in [2.45, 2.75) is 19.4 Å². The van der Waals surface area contributed by atoms with Crippen LogP contribution in [0.15, 0.2) is 42.5 Å². The lowest BCUT2D eigenvalue weighted by Gasteiger charge is -2.22. The van der Waals surface area contributed by atoms with Crippen molar-refractivity contribution in [3.63, 3.8) is 0 Å². The van der Waals surface area contributed by atoms with Crippen molar-refractivity contribution in [3.05, 3.63) is 59.5 Å². The van der Waals surface area contributed by atoms with E-state index in [0.717, 1.165) is 29.8 Å². The molecule has 1 aliphatic heterocycles. The maximum Gasteiger partial charge on any atom is 0.274 e. The second kappa shape index (κ2) is 8.00. The number of hydrogen-bond acceptors (Lipinski definition) is 4. The van der Waals surface area contributed by atoms with Gasteiger partial charge in [0.2, 0.25) is 0 Å². The zero-order chi connectivity index (χ0) is 20.4. The number of aromatic nitrogens is 2. The maximum absolute atomic E-state index is 13.7. The van der Waals surface area contributed by atoms with E-state index >= 15 is 0 Å². The maximum atomic E-state index is 13.7. The van der Waals surface area contributed by atoms with Crippen molar-refractivity contribution < 1.29 is 18.7 Å². The van der Waals surface area contributed by atoms with E-state index in [1.165, 1.54) is 12.1 Å². The van der Waals surface area contributed by atoms with Crippen molar-refractivity contribution in [2.24, 2.45) is 11.7 Å². The van der Waals surface area contributed by atoms with E-state index in [-0.39, 0.29) is 17.2 Å². The van der Waals surface area contributed by atoms with E-state index in [4.69, 9.17) is 10.5 Å². The van der Waals surface area contributed by atoms with E-state index in [0.29, 0.717) is 31.4 Å². The summed E-state index contributed by atoms with van der Waals surface area (Å²) < 4.78 is 20.9. The van der Waals surface area contributed by atoms with E-state index in [1.807, 2.05) is 24.3 Å². The quantitative estimate of drug-likeness (QED) is 0.693. The highest BCUT2D eigenvalue weighted by Gasteiger charge is 2.22. The largest absolute Gasteiger partial charge is 0.381 e. The van der Waals surface area contributed by atoms with Crippen molar-refractivity contribution in [1.82, 2.24) is 9.78 Å². The SMILES string of the molecule is NC(=O)c1cc(NC(=O)c2c3ccccc3nn2CC2CCOCC2)ccc1F. The number of nitrogens with zero attached hydrogens (tertiary/aromatic N) is 2. The Kier molecular flexibility index (Phi) is 5.26. The molecule has 0 bridgehead atoms. The number of rotatable bonds is 5. The number of hydrogen-bond donors (Lipinski definition) is 2. The van der Waals surface area contributed by atoms with Gasteiger partial charge in [0.15, 0.2) is 0 Å². The first kappa shape index (κ1) is 19.1. The van der Waals surface area contributed by atoms with Gasteiger partial charge in [-0.2, -0.15) is 5.10 Å². The van der Waals surface area contributed by atoms with Gasteiger partial charge < -0.3 is 15.8 Å². The van der Waals surface area contributed by atoms with Crippen LogP contribution >= 0.6 is 0 Å². The Labute approximate surface area is 166 Å². The number of halogens is 1. The zero-order valence-corrected chi connectivity index (χ0v) is 15.7. The molecule has 3 aromatic rings. The van der Waals surface area contributed by atoms with E-state index in [2.05, 4.69) is 10.4 Å². The van der Waals surface area contributed by atoms with Crippen LogP contribution < -0.4 is 11.1 Å². The first-order chi connectivity index (χ1) is 14.0. The molecule has 4 rings (SSSR count). The third kappa shape index (κ3) is 3.97. The van der Waals surface area contributed by atoms with Crippen molar-refractivity contribution >= 4 is 28.4 Å². The van der Waals surface area contributed by atoms with Gasteiger partial charge in [-0.15, -0.1) is 0 Å². The minimum atomic E-state index is -0.895. The molecule has 1 aromatic heterocycles. The lowest BCUT2D eigenvalue weighted by atomic mass is 10.0. The highest BCUT2D eigenvalue weighted by molar-refractivity contribution is 6.11. The fraction of sp³-hybridized carbons (Fsp3) is 0.286. The van der Waals surface area contributed by atoms with Crippen LogP contribution in [0.3, 0.4) is 0 Å². The summed E-state index contributed by atoms with van der Waals surface area (Å²) in [6.07, 6.45) is 1.83. The number of benzene rings is 2. The number of ether oxygens (including phenoxy) is 1. The summed E-state index contributed by atoms with van der Waals surface area (Å²) in [7, 11) is 0. The lowest BCUT2D eigenvalue weighted by molar-refractivity contribution is 0.0598. The smallest absolute Gasteiger partial charge is 0.274 e. The van der Waals surface area contributed by atoms with Crippen LogP contribution in [-0.2, 0) is 11.3 Å². The van der Waals surface area contributed by atoms with E-state index < -0.39 is 11.7 Å². The summed E-state index contributed by atoms with van der Waals surface area (Å²) in [5, 5.41) is 8.08. The number of carbonyl (C=O) groups excluding carboxylic acids is 2. The summed E-state index contributed by atoms with van der Waals surface area (Å²) in [5.74, 6) is -1.64. The average molecular weight is 396 g/mol. The molecule has 2 aromatic carbocycles. The number of fused-ring (bicyclic) bond motifs is 1. The molecule has 0 aliphatic carbocycles. The molecule has 1 fully saturated rings. The highest BCUT2D eigenvalue weighted by Crippen LogP contribution is 2.24. The Balaban J connectivity index is 1.66. The van der Waals surface area contributed by atoms with Crippen LogP contribution in [0.1, 0.15) is 33.7 Å². The number of anilines is 1. The summed E-state index contributed by atoms with van der Waals surface area (Å²) in [6.45, 7) is 2.02. The minimum absolute atomic E-state index is 0.275. The van der Waals surface area contributed by atoms with Gasteiger partial charge in [0, 0.05) is 30.8 Å². The highest BCUT2D eigenvalue weighted by atomic mass is 19.1. The second-order valence-electron chi connectivity index (χ2n) is 7.12. The normalized spacial score (nSPS) is 14.8. The second-order valence-corrected chi connectivity index (χ2v) is 7.12. The average Bonchev–Trinajstić information content (AvgIpc) is 3.08. The van der Waals surface area contributed by atoms with Crippen molar-refractivity contribution in [2.75, 3.05) is 18.5 Å². The Morgan fingerprint density at radius 2 is 1.97 bits per heavy atom. The van der Waals surface area contributed by atoms with Crippen LogP contribution in [0.25, 0.3) is 10.9 Å². The first-order valence-electron chi connectivity index (χ1n) is 9.47. The topological polar surface area (TPSA) is 99.2 Å². The Hall–Kier alpha value is -3.26. The van der Waals surface area contributed by atoms with Crippen LogP contribution in [0.2, 0.25) is 0 Å². The van der Waals surface area contributed by atoms with Crippen molar-refractivity contribution in [1.29, 1.82) is 0 Å². The predicted molar refractivity (Wildman–Crippen MR) is 106 cm³/mol. The molecule has 1 aliphatic rings. The number of carbonyl (C=O) groups is 2. The molecule has 7 nitrogen and oxygen atoms in total. The molecule has 0 saturated carbocycles. The number of nitrogens with one attached hydrogen (secondary N) is 1. The van der Waals surface area contributed by atoms with Gasteiger partial charge in [0.1, 0.15) is 11.5 Å². The number of amides is 2. The zero-order valence-electron chi connectivity index (χ0n) is 15.7. The molecular formula is C21H21FN4O3. The van der Waals surface area contributed by atoms with Gasteiger partial charge in [-0.1, -0.05) is 18.2 Å². The Bertz CT molecular complexity index is 1070. The number of primary amides is 1. The van der Waals surface area contributed by atoms with Crippen LogP contribution in [0, 0.1) is 11.7 Å². The monoisotopic (exact) mass is 396 g/mol. The Morgan fingerprint density at radius 1 is 1.21 bits per heavy atom. The molecule has 0 radical (unpaired) electrons. The van der Waals surface area contributed by atoms with E-state index in [1.54, 1.807) is 4.68 Å². The molecule has 2 heterocycles. The summed E-state index contributed by atoms with van der Waals surface area (Å²) in [6, 6.07) is 11.1. The van der Waals surface area contributed by atoms with Gasteiger partial charge in [0.25, 0.3) is 11.8 Å². The first-order valence-corrected chi connectivity index (χ1v) is 9.47. The fourth-order valence-corrected chi connectivity index (χ4v) is 3.61. The molecule has 29 heavy (non-hydrogen) atoms. The summed E-state index contributed by atoms with van der Waals surface area (Å²) in [5.41, 5.74) is 6.36. The lowest BCUT2D eigenvalue weighted by Crippen LogP contribution is -2.25. The number of nitrogens with two attached hydrogens (primary N) is 1. The molecule has 150 valence electrons. The van der Waals surface area contributed by atoms with Gasteiger partial charge in [0.05, 0.1) is 11.1 Å². The molecule has 3 N–H and O–H groups in total. The standard InChI is InChI=1S/C21H21FN4O3/c22-17-6-5-14(11-16(17)20(23)27)24-21(28)19-15-3-1-2-4-18(15)25-26(19)12-13-7-9-29-10-8-13/h1-6,11,13H,7-10,12H2,(H2,23,27)(H,24,28). The van der Waals surface area contributed by atoms with Crippen LogP contribution in [-0.4, -0.2) is 34.8 Å². The van der Waals surface area contributed by atoms with Gasteiger partial charge in [-0.3, -0.25) is 14.3 Å². The van der Waals surface area contributed by atoms with E-state index in [9.17, 15) is 14.0 Å². The van der Waals surface area contributed by atoms with Crippen LogP contribution in [0.4, 0.5) is 10.1 Å². The summed E-state index contributed by atoms with van der Waals surface area (Å²) in [4.78, 5) is 24.5. The summed E-state index contributed by atoms with van der Waals surface area (Å²) >= 11 is 0. The molecule has 0 atom stereocenters. The van der Waals surface area contributed by atoms with Crippen molar-refractivity contribution in [3.8, 4) is 0 Å².